The van der Waals surface area contributed by atoms with Crippen molar-refractivity contribution >= 4 is 16.9 Å². The van der Waals surface area contributed by atoms with Crippen LogP contribution in [0, 0.1) is 13.8 Å². The normalized spacial score (nSPS) is 14.8. The number of hydrogen-bond acceptors (Lipinski definition) is 3. The van der Waals surface area contributed by atoms with Gasteiger partial charge in [-0.1, -0.05) is 39.2 Å². The zero-order valence-electron chi connectivity index (χ0n) is 20.3. The Morgan fingerprint density at radius 3 is 2.47 bits per heavy atom. The van der Waals surface area contributed by atoms with Gasteiger partial charge in [0.1, 0.15) is 0 Å². The van der Waals surface area contributed by atoms with E-state index in [1.165, 1.54) is 19.3 Å². The number of fused-ring (bicyclic) bond motifs is 1. The van der Waals surface area contributed by atoms with Crippen LogP contribution in [0.2, 0.25) is 0 Å². The summed E-state index contributed by atoms with van der Waals surface area (Å²) >= 11 is 0. The Hall–Kier alpha value is -2.34. The van der Waals surface area contributed by atoms with Crippen LogP contribution >= 0.6 is 0 Å². The molecule has 6 heteroatoms. The summed E-state index contributed by atoms with van der Waals surface area (Å²) in [5, 5.41) is 4.28. The minimum absolute atomic E-state index is 0.0448. The minimum atomic E-state index is -0.110. The highest BCUT2D eigenvalue weighted by molar-refractivity contribution is 5.83. The molecule has 0 spiro atoms. The van der Waals surface area contributed by atoms with E-state index in [4.69, 9.17) is 0 Å². The van der Waals surface area contributed by atoms with E-state index in [0.717, 1.165) is 60.9 Å². The number of aromatic amines is 1. The van der Waals surface area contributed by atoms with E-state index in [1.54, 1.807) is 0 Å². The second kappa shape index (κ2) is 11.5. The van der Waals surface area contributed by atoms with E-state index in [1.807, 2.05) is 24.0 Å². The van der Waals surface area contributed by atoms with Crippen LogP contribution in [0.15, 0.2) is 23.0 Å². The number of carbonyl (C=O) groups is 1. The molecule has 1 aliphatic rings. The maximum Gasteiger partial charge on any atom is 0.317 e. The molecule has 0 aliphatic heterocycles. The Morgan fingerprint density at radius 1 is 1.06 bits per heavy atom. The summed E-state index contributed by atoms with van der Waals surface area (Å²) in [6.45, 7) is 12.4. The topological polar surface area (TPSA) is 68.4 Å². The number of nitrogens with one attached hydrogen (secondary N) is 2. The van der Waals surface area contributed by atoms with Crippen LogP contribution in [0.25, 0.3) is 10.9 Å². The average Bonchev–Trinajstić information content (AvgIpc) is 2.77. The Kier molecular flexibility index (Phi) is 8.74. The molecule has 0 bridgehead atoms. The predicted molar refractivity (Wildman–Crippen MR) is 132 cm³/mol. The van der Waals surface area contributed by atoms with Gasteiger partial charge in [0.2, 0.25) is 0 Å². The molecule has 1 fully saturated rings. The molecule has 1 heterocycles. The number of urea groups is 1. The van der Waals surface area contributed by atoms with Gasteiger partial charge in [-0.3, -0.25) is 4.79 Å². The van der Waals surface area contributed by atoms with Crippen LogP contribution in [0.4, 0.5) is 4.79 Å². The summed E-state index contributed by atoms with van der Waals surface area (Å²) in [4.78, 5) is 33.3. The maximum absolute atomic E-state index is 13.2. The van der Waals surface area contributed by atoms with Crippen molar-refractivity contribution in [3.05, 3.63) is 45.2 Å². The van der Waals surface area contributed by atoms with Crippen molar-refractivity contribution in [3.63, 3.8) is 0 Å². The highest BCUT2D eigenvalue weighted by Gasteiger charge is 2.21. The highest BCUT2D eigenvalue weighted by atomic mass is 16.2. The first-order valence-electron chi connectivity index (χ1n) is 12.3. The van der Waals surface area contributed by atoms with Crippen molar-refractivity contribution in [3.8, 4) is 0 Å². The summed E-state index contributed by atoms with van der Waals surface area (Å²) in [7, 11) is 0. The van der Waals surface area contributed by atoms with Crippen LogP contribution in [0.5, 0.6) is 0 Å². The van der Waals surface area contributed by atoms with E-state index >= 15 is 0 Å². The number of H-pyrrole nitrogens is 1. The van der Waals surface area contributed by atoms with Crippen molar-refractivity contribution in [2.24, 2.45) is 0 Å². The summed E-state index contributed by atoms with van der Waals surface area (Å²) in [6.07, 6.45) is 6.60. The molecule has 1 aromatic heterocycles. The first kappa shape index (κ1) is 24.3. The summed E-state index contributed by atoms with van der Waals surface area (Å²) in [6, 6.07) is 6.31. The van der Waals surface area contributed by atoms with Crippen molar-refractivity contribution in [1.29, 1.82) is 0 Å². The van der Waals surface area contributed by atoms with Gasteiger partial charge < -0.3 is 20.1 Å². The second-order valence-corrected chi connectivity index (χ2v) is 9.25. The molecule has 6 nitrogen and oxygen atoms in total. The number of aryl methyl sites for hydroxylation is 2. The minimum Gasteiger partial charge on any atom is -0.335 e. The van der Waals surface area contributed by atoms with Crippen LogP contribution in [0.3, 0.4) is 0 Å². The lowest BCUT2D eigenvalue weighted by Crippen LogP contribution is -2.46. The van der Waals surface area contributed by atoms with E-state index < -0.39 is 0 Å². The molecule has 32 heavy (non-hydrogen) atoms. The molecular formula is C26H40N4O2. The average molecular weight is 441 g/mol. The molecular weight excluding hydrogens is 400 g/mol. The van der Waals surface area contributed by atoms with E-state index in [0.29, 0.717) is 18.7 Å². The molecule has 1 aromatic carbocycles. The molecule has 1 aliphatic carbocycles. The zero-order chi connectivity index (χ0) is 23.1. The van der Waals surface area contributed by atoms with E-state index in [-0.39, 0.29) is 17.6 Å². The maximum atomic E-state index is 13.2. The fourth-order valence-corrected chi connectivity index (χ4v) is 4.83. The van der Waals surface area contributed by atoms with E-state index in [9.17, 15) is 9.59 Å². The molecule has 2 amide bonds. The molecule has 0 saturated heterocycles. The molecule has 176 valence electrons. The van der Waals surface area contributed by atoms with Gasteiger partial charge in [0.25, 0.3) is 5.56 Å². The number of pyridine rings is 1. The van der Waals surface area contributed by atoms with Gasteiger partial charge in [0.05, 0.1) is 6.54 Å². The fraction of sp³-hybridized carbons (Fsp3) is 0.615. The van der Waals surface area contributed by atoms with Gasteiger partial charge in [-0.25, -0.2) is 4.79 Å². The van der Waals surface area contributed by atoms with Gasteiger partial charge in [-0.15, -0.1) is 0 Å². The third-order valence-corrected chi connectivity index (χ3v) is 6.77. The lowest BCUT2D eigenvalue weighted by molar-refractivity contribution is 0.182. The monoisotopic (exact) mass is 440 g/mol. The van der Waals surface area contributed by atoms with Crippen molar-refractivity contribution in [1.82, 2.24) is 20.1 Å². The Labute approximate surface area is 192 Å². The summed E-state index contributed by atoms with van der Waals surface area (Å²) in [5.74, 6) is 0. The second-order valence-electron chi connectivity index (χ2n) is 9.25. The SMILES string of the molecule is CCN(CC)CCCN(Cc1cc2c(C)cc(C)cc2[nH]c1=O)C(=O)NC1CCCCC1. The number of aromatic nitrogens is 1. The van der Waals surface area contributed by atoms with E-state index in [2.05, 4.69) is 42.0 Å². The van der Waals surface area contributed by atoms with Gasteiger partial charge in [0, 0.05) is 29.1 Å². The molecule has 3 rings (SSSR count). The number of hydrogen-bond donors (Lipinski definition) is 2. The number of benzene rings is 1. The van der Waals surface area contributed by atoms with Gasteiger partial charge in [-0.2, -0.15) is 0 Å². The summed E-state index contributed by atoms with van der Waals surface area (Å²) < 4.78 is 0. The first-order chi connectivity index (χ1) is 15.4. The van der Waals surface area contributed by atoms with Crippen LogP contribution in [-0.4, -0.2) is 53.0 Å². The quantitative estimate of drug-likeness (QED) is 0.593. The molecule has 0 unspecified atom stereocenters. The standard InChI is InChI=1S/C26H40N4O2/c1-5-29(6-2)13-10-14-30(26(32)27-22-11-8-7-9-12-22)18-21-17-23-20(4)15-19(3)16-24(23)28-25(21)31/h15-17,22H,5-14,18H2,1-4H3,(H,27,32)(H,28,31). The van der Waals surface area contributed by atoms with Crippen molar-refractivity contribution < 1.29 is 4.79 Å². The first-order valence-corrected chi connectivity index (χ1v) is 12.3. The molecule has 2 N–H and O–H groups in total. The molecule has 0 atom stereocenters. The molecule has 1 saturated carbocycles. The van der Waals surface area contributed by atoms with Crippen molar-refractivity contribution in [2.45, 2.75) is 78.8 Å². The highest BCUT2D eigenvalue weighted by Crippen LogP contribution is 2.20. The zero-order valence-corrected chi connectivity index (χ0v) is 20.3. The largest absolute Gasteiger partial charge is 0.335 e. The molecule has 2 aromatic rings. The Balaban J connectivity index is 1.79. The lowest BCUT2D eigenvalue weighted by atomic mass is 9.96. The lowest BCUT2D eigenvalue weighted by Gasteiger charge is -2.29. The van der Waals surface area contributed by atoms with Crippen LogP contribution in [-0.2, 0) is 6.54 Å². The van der Waals surface area contributed by atoms with Crippen LogP contribution in [0.1, 0.15) is 69.1 Å². The Morgan fingerprint density at radius 2 is 1.78 bits per heavy atom. The summed E-state index contributed by atoms with van der Waals surface area (Å²) in [5.41, 5.74) is 3.66. The van der Waals surface area contributed by atoms with Crippen molar-refractivity contribution in [2.75, 3.05) is 26.2 Å². The Bertz CT molecular complexity index is 958. The van der Waals surface area contributed by atoms with Gasteiger partial charge in [-0.05, 0) is 76.0 Å². The smallest absolute Gasteiger partial charge is 0.317 e. The molecule has 0 radical (unpaired) electrons. The fourth-order valence-electron chi connectivity index (χ4n) is 4.83. The number of carbonyl (C=O) groups excluding carboxylic acids is 1. The third kappa shape index (κ3) is 6.35. The third-order valence-electron chi connectivity index (χ3n) is 6.77. The van der Waals surface area contributed by atoms with Gasteiger partial charge in [0.15, 0.2) is 0 Å². The number of nitrogens with zero attached hydrogens (tertiary/aromatic N) is 2. The van der Waals surface area contributed by atoms with Gasteiger partial charge >= 0.3 is 6.03 Å². The number of rotatable bonds is 9. The van der Waals surface area contributed by atoms with Crippen LogP contribution < -0.4 is 10.9 Å². The predicted octanol–water partition coefficient (Wildman–Crippen LogP) is 4.72. The number of amides is 2.